The van der Waals surface area contributed by atoms with Gasteiger partial charge >= 0.3 is 6.16 Å². The summed E-state index contributed by atoms with van der Waals surface area (Å²) in [6.07, 6.45) is -0.534. The zero-order valence-corrected chi connectivity index (χ0v) is 19.6. The van der Waals surface area contributed by atoms with Gasteiger partial charge in [0.25, 0.3) is 5.91 Å². The summed E-state index contributed by atoms with van der Waals surface area (Å²) in [5, 5.41) is 5.75. The molecule has 0 bridgehead atoms. The number of nitrogens with one attached hydrogen (secondary N) is 2. The number of hydrogen-bond acceptors (Lipinski definition) is 5. The van der Waals surface area contributed by atoms with Gasteiger partial charge in [-0.2, -0.15) is 0 Å². The van der Waals surface area contributed by atoms with E-state index in [0.29, 0.717) is 11.3 Å². The fourth-order valence-corrected chi connectivity index (χ4v) is 3.22. The van der Waals surface area contributed by atoms with Crippen molar-refractivity contribution >= 4 is 39.6 Å². The molecule has 0 aliphatic rings. The van der Waals surface area contributed by atoms with Gasteiger partial charge in [0.05, 0.1) is 13.0 Å². The lowest BCUT2D eigenvalue weighted by atomic mass is 10.1. The SMILES string of the molecule is CCOC(=O)Oc1ccc(C(=O)Nc2ccccc2CNC(=O)Cc2ccc(Br)cc2)cc1. The molecule has 2 N–H and O–H groups in total. The number of ether oxygens (including phenoxy) is 2. The predicted molar refractivity (Wildman–Crippen MR) is 128 cm³/mol. The van der Waals surface area contributed by atoms with Crippen LogP contribution < -0.4 is 15.4 Å². The van der Waals surface area contributed by atoms with E-state index in [2.05, 4.69) is 26.6 Å². The summed E-state index contributed by atoms with van der Waals surface area (Å²) in [7, 11) is 0. The molecule has 8 heteroatoms. The first-order chi connectivity index (χ1) is 15.9. The molecule has 0 heterocycles. The van der Waals surface area contributed by atoms with Crippen LogP contribution in [0.25, 0.3) is 0 Å². The minimum absolute atomic E-state index is 0.115. The zero-order chi connectivity index (χ0) is 23.6. The van der Waals surface area contributed by atoms with Crippen molar-refractivity contribution in [3.63, 3.8) is 0 Å². The van der Waals surface area contributed by atoms with E-state index in [-0.39, 0.29) is 37.1 Å². The average Bonchev–Trinajstić information content (AvgIpc) is 2.80. The predicted octanol–water partition coefficient (Wildman–Crippen LogP) is 5.10. The molecule has 0 radical (unpaired) electrons. The topological polar surface area (TPSA) is 93.7 Å². The molecule has 0 aliphatic carbocycles. The van der Waals surface area contributed by atoms with Crippen LogP contribution in [-0.4, -0.2) is 24.6 Å². The van der Waals surface area contributed by atoms with E-state index >= 15 is 0 Å². The van der Waals surface area contributed by atoms with Crippen molar-refractivity contribution in [3.05, 3.63) is 94.0 Å². The van der Waals surface area contributed by atoms with Gasteiger partial charge in [-0.3, -0.25) is 9.59 Å². The minimum Gasteiger partial charge on any atom is -0.434 e. The van der Waals surface area contributed by atoms with Crippen LogP contribution in [0.1, 0.15) is 28.4 Å². The van der Waals surface area contributed by atoms with Crippen LogP contribution in [0, 0.1) is 0 Å². The highest BCUT2D eigenvalue weighted by atomic mass is 79.9. The van der Waals surface area contributed by atoms with E-state index in [1.165, 1.54) is 12.1 Å². The average molecular weight is 511 g/mol. The largest absolute Gasteiger partial charge is 0.513 e. The van der Waals surface area contributed by atoms with Gasteiger partial charge in [0.1, 0.15) is 5.75 Å². The molecular formula is C25H23BrN2O5. The van der Waals surface area contributed by atoms with Crippen LogP contribution >= 0.6 is 15.9 Å². The van der Waals surface area contributed by atoms with E-state index in [1.54, 1.807) is 31.2 Å². The van der Waals surface area contributed by atoms with Crippen LogP contribution in [0.3, 0.4) is 0 Å². The maximum atomic E-state index is 12.7. The Morgan fingerprint density at radius 3 is 2.30 bits per heavy atom. The molecule has 0 saturated carbocycles. The highest BCUT2D eigenvalue weighted by molar-refractivity contribution is 9.10. The molecule has 0 fully saturated rings. The molecule has 0 aliphatic heterocycles. The third-order valence-corrected chi connectivity index (χ3v) is 5.13. The van der Waals surface area contributed by atoms with Gasteiger partial charge in [0.15, 0.2) is 0 Å². The molecular weight excluding hydrogens is 488 g/mol. The van der Waals surface area contributed by atoms with E-state index < -0.39 is 6.16 Å². The molecule has 0 atom stereocenters. The highest BCUT2D eigenvalue weighted by Crippen LogP contribution is 2.18. The van der Waals surface area contributed by atoms with Gasteiger partial charge in [-0.05, 0) is 60.5 Å². The number of anilines is 1. The number of carbonyl (C=O) groups is 3. The number of carbonyl (C=O) groups excluding carboxylic acids is 3. The summed E-state index contributed by atoms with van der Waals surface area (Å²) in [5.41, 5.74) is 2.67. The summed E-state index contributed by atoms with van der Waals surface area (Å²) >= 11 is 3.38. The molecule has 3 aromatic rings. The lowest BCUT2D eigenvalue weighted by Gasteiger charge is -2.12. The maximum Gasteiger partial charge on any atom is 0.513 e. The molecule has 3 rings (SSSR count). The molecule has 0 aromatic heterocycles. The van der Waals surface area contributed by atoms with E-state index in [4.69, 9.17) is 9.47 Å². The number of para-hydroxylation sites is 1. The third kappa shape index (κ3) is 7.47. The quantitative estimate of drug-likeness (QED) is 0.325. The number of halogens is 1. The van der Waals surface area contributed by atoms with Crippen LogP contribution in [-0.2, 0) is 22.5 Å². The molecule has 0 saturated heterocycles. The summed E-state index contributed by atoms with van der Waals surface area (Å²) in [5.74, 6) is -0.166. The Morgan fingerprint density at radius 1 is 0.909 bits per heavy atom. The Labute approximate surface area is 200 Å². The molecule has 7 nitrogen and oxygen atoms in total. The molecule has 3 aromatic carbocycles. The Morgan fingerprint density at radius 2 is 1.61 bits per heavy atom. The normalized spacial score (nSPS) is 10.2. The molecule has 2 amide bonds. The highest BCUT2D eigenvalue weighted by Gasteiger charge is 2.12. The summed E-state index contributed by atoms with van der Waals surface area (Å²) in [4.78, 5) is 36.4. The monoisotopic (exact) mass is 510 g/mol. The second-order valence-corrected chi connectivity index (χ2v) is 7.92. The van der Waals surface area contributed by atoms with Gasteiger partial charge in [0.2, 0.25) is 5.91 Å². The smallest absolute Gasteiger partial charge is 0.434 e. The maximum absolute atomic E-state index is 12.7. The van der Waals surface area contributed by atoms with Gasteiger partial charge in [-0.25, -0.2) is 4.79 Å². The Kier molecular flexibility index (Phi) is 8.60. The fourth-order valence-electron chi connectivity index (χ4n) is 2.95. The second kappa shape index (κ2) is 11.8. The van der Waals surface area contributed by atoms with Crippen molar-refractivity contribution in [2.24, 2.45) is 0 Å². The van der Waals surface area contributed by atoms with Gasteiger partial charge < -0.3 is 20.1 Å². The van der Waals surface area contributed by atoms with Crippen molar-refractivity contribution in [1.82, 2.24) is 5.32 Å². The number of benzene rings is 3. The van der Waals surface area contributed by atoms with Gasteiger partial charge in [0, 0.05) is 22.3 Å². The minimum atomic E-state index is -0.800. The molecule has 33 heavy (non-hydrogen) atoms. The number of amides is 2. The van der Waals surface area contributed by atoms with E-state index in [1.807, 2.05) is 36.4 Å². The van der Waals surface area contributed by atoms with Gasteiger partial charge in [-0.1, -0.05) is 46.3 Å². The third-order valence-electron chi connectivity index (χ3n) is 4.60. The molecule has 170 valence electrons. The van der Waals surface area contributed by atoms with Crippen LogP contribution in [0.2, 0.25) is 0 Å². The van der Waals surface area contributed by atoms with Crippen molar-refractivity contribution in [2.75, 3.05) is 11.9 Å². The Hall–Kier alpha value is -3.65. The lowest BCUT2D eigenvalue weighted by Crippen LogP contribution is -2.25. The second-order valence-electron chi connectivity index (χ2n) is 7.00. The lowest BCUT2D eigenvalue weighted by molar-refractivity contribution is -0.120. The van der Waals surface area contributed by atoms with Crippen molar-refractivity contribution in [2.45, 2.75) is 19.9 Å². The first-order valence-corrected chi connectivity index (χ1v) is 11.1. The van der Waals surface area contributed by atoms with Crippen LogP contribution in [0.4, 0.5) is 10.5 Å². The Bertz CT molecular complexity index is 1110. The van der Waals surface area contributed by atoms with E-state index in [0.717, 1.165) is 15.6 Å². The van der Waals surface area contributed by atoms with Crippen molar-refractivity contribution in [3.8, 4) is 5.75 Å². The summed E-state index contributed by atoms with van der Waals surface area (Å²) in [6.45, 7) is 2.17. The number of hydrogen-bond donors (Lipinski definition) is 2. The molecule has 0 spiro atoms. The summed E-state index contributed by atoms with van der Waals surface area (Å²) in [6, 6.07) is 20.9. The Balaban J connectivity index is 1.58. The first-order valence-electron chi connectivity index (χ1n) is 10.3. The molecule has 0 unspecified atom stereocenters. The van der Waals surface area contributed by atoms with Crippen molar-refractivity contribution in [1.29, 1.82) is 0 Å². The standard InChI is InChI=1S/C25H23BrN2O5/c1-2-32-25(31)33-21-13-9-18(10-14-21)24(30)28-22-6-4-3-5-19(22)16-27-23(29)15-17-7-11-20(26)12-8-17/h3-14H,2,15-16H2,1H3,(H,27,29)(H,28,30). The van der Waals surface area contributed by atoms with Gasteiger partial charge in [-0.15, -0.1) is 0 Å². The van der Waals surface area contributed by atoms with E-state index in [9.17, 15) is 14.4 Å². The van der Waals surface area contributed by atoms with Crippen molar-refractivity contribution < 1.29 is 23.9 Å². The number of rotatable bonds is 8. The fraction of sp³-hybridized carbons (Fsp3) is 0.160. The summed E-state index contributed by atoms with van der Waals surface area (Å²) < 4.78 is 10.7. The zero-order valence-electron chi connectivity index (χ0n) is 18.0. The van der Waals surface area contributed by atoms with Crippen LogP contribution in [0.15, 0.2) is 77.3 Å². The first kappa shape index (κ1) is 24.0. The van der Waals surface area contributed by atoms with Crippen LogP contribution in [0.5, 0.6) is 5.75 Å².